The van der Waals surface area contributed by atoms with Crippen LogP contribution in [0, 0.1) is 10.1 Å². The number of non-ortho nitro benzene ring substituents is 1. The summed E-state index contributed by atoms with van der Waals surface area (Å²) < 4.78 is 7.73. The molecule has 1 heterocycles. The van der Waals surface area contributed by atoms with Gasteiger partial charge in [0.05, 0.1) is 16.7 Å². The Kier molecular flexibility index (Phi) is 3.79. The Morgan fingerprint density at radius 3 is 2.55 bits per heavy atom. The zero-order valence-electron chi connectivity index (χ0n) is 11.9. The quantitative estimate of drug-likeness (QED) is 0.667. The highest BCUT2D eigenvalue weighted by atomic mass is 32.1. The maximum absolute atomic E-state index is 12.4. The lowest BCUT2D eigenvalue weighted by molar-refractivity contribution is -0.383. The van der Waals surface area contributed by atoms with Gasteiger partial charge in [-0.3, -0.25) is 14.9 Å². The van der Waals surface area contributed by atoms with Gasteiger partial charge in [0.25, 0.3) is 11.6 Å². The minimum Gasteiger partial charge on any atom is -0.480 e. The van der Waals surface area contributed by atoms with Gasteiger partial charge in [-0.15, -0.1) is 0 Å². The molecule has 0 spiro atoms. The molecular formula is C12H12N4O5S. The van der Waals surface area contributed by atoms with E-state index < -0.39 is 22.3 Å². The molecule has 1 amide bonds. The van der Waals surface area contributed by atoms with Crippen molar-refractivity contribution in [1.29, 1.82) is 0 Å². The maximum Gasteiger partial charge on any atom is 0.329 e. The van der Waals surface area contributed by atoms with Gasteiger partial charge in [-0.25, -0.2) is 4.79 Å². The number of rotatable bonds is 4. The van der Waals surface area contributed by atoms with Crippen molar-refractivity contribution < 1.29 is 19.6 Å². The van der Waals surface area contributed by atoms with E-state index in [0.29, 0.717) is 0 Å². The Hall–Kier alpha value is -2.62. The molecule has 0 bridgehead atoms. The molecule has 0 aliphatic carbocycles. The third-order valence-electron chi connectivity index (χ3n) is 3.45. The molecule has 0 radical (unpaired) electrons. The van der Waals surface area contributed by atoms with E-state index in [9.17, 15) is 19.7 Å². The van der Waals surface area contributed by atoms with Crippen LogP contribution in [0.4, 0.5) is 5.69 Å². The number of nitro benzene ring substituents is 1. The fourth-order valence-corrected chi connectivity index (χ4v) is 2.26. The summed E-state index contributed by atoms with van der Waals surface area (Å²) in [6, 6.07) is 2.45. The lowest BCUT2D eigenvalue weighted by Crippen LogP contribution is -2.50. The van der Waals surface area contributed by atoms with E-state index >= 15 is 0 Å². The summed E-state index contributed by atoms with van der Waals surface area (Å²) in [6.45, 7) is 2.73. The molecular weight excluding hydrogens is 312 g/mol. The fraction of sp³-hybridized carbons (Fsp3) is 0.333. The molecule has 0 saturated carbocycles. The summed E-state index contributed by atoms with van der Waals surface area (Å²) in [5.74, 6) is -1.83. The first-order valence-electron chi connectivity index (χ1n) is 6.08. The largest absolute Gasteiger partial charge is 0.480 e. The predicted octanol–water partition coefficient (Wildman–Crippen LogP) is 1.53. The minimum absolute atomic E-state index is 0.0104. The van der Waals surface area contributed by atoms with Crippen LogP contribution in [0.3, 0.4) is 0 Å². The third-order valence-corrected chi connectivity index (χ3v) is 3.99. The minimum atomic E-state index is -1.46. The van der Waals surface area contributed by atoms with Gasteiger partial charge in [-0.2, -0.15) is 8.75 Å². The van der Waals surface area contributed by atoms with E-state index in [0.717, 1.165) is 22.7 Å². The molecule has 0 aliphatic heterocycles. The summed E-state index contributed by atoms with van der Waals surface area (Å²) in [5, 5.41) is 20.3. The Bertz CT molecular complexity index is 785. The molecule has 22 heavy (non-hydrogen) atoms. The highest BCUT2D eigenvalue weighted by Gasteiger charge is 2.36. The van der Waals surface area contributed by atoms with Gasteiger partial charge in [0.1, 0.15) is 11.1 Å². The zero-order valence-corrected chi connectivity index (χ0v) is 12.7. The van der Waals surface area contributed by atoms with Gasteiger partial charge in [0.15, 0.2) is 5.52 Å². The number of fused-ring (bicyclic) bond motifs is 1. The summed E-state index contributed by atoms with van der Waals surface area (Å²) >= 11 is 0.800. The van der Waals surface area contributed by atoms with Gasteiger partial charge in [0.2, 0.25) is 0 Å². The molecule has 0 atom stereocenters. The molecule has 10 heteroatoms. The van der Waals surface area contributed by atoms with Crippen molar-refractivity contribution in [2.45, 2.75) is 19.4 Å². The molecule has 1 N–H and O–H groups in total. The van der Waals surface area contributed by atoms with Crippen LogP contribution in [0.2, 0.25) is 0 Å². The number of benzene rings is 1. The fourth-order valence-electron chi connectivity index (χ4n) is 1.73. The smallest absolute Gasteiger partial charge is 0.329 e. The highest BCUT2D eigenvalue weighted by molar-refractivity contribution is 7.00. The number of carboxylic acid groups (broad SMARTS) is 1. The van der Waals surface area contributed by atoms with E-state index in [4.69, 9.17) is 5.11 Å². The van der Waals surface area contributed by atoms with Gasteiger partial charge in [0, 0.05) is 18.7 Å². The molecule has 0 fully saturated rings. The summed E-state index contributed by atoms with van der Waals surface area (Å²) in [7, 11) is 1.33. The van der Waals surface area contributed by atoms with Crippen molar-refractivity contribution in [3.8, 4) is 0 Å². The van der Waals surface area contributed by atoms with Crippen molar-refractivity contribution >= 4 is 40.3 Å². The van der Waals surface area contributed by atoms with Crippen LogP contribution in [0.15, 0.2) is 12.1 Å². The zero-order chi connectivity index (χ0) is 16.7. The monoisotopic (exact) mass is 324 g/mol. The summed E-state index contributed by atoms with van der Waals surface area (Å²) in [6.07, 6.45) is 0. The van der Waals surface area contributed by atoms with E-state index in [1.807, 2.05) is 0 Å². The van der Waals surface area contributed by atoms with E-state index in [1.54, 1.807) is 0 Å². The number of aliphatic carboxylic acids is 1. The standard InChI is InChI=1S/C12H12N4O5S/c1-12(2,11(18)19)15(3)10(17)6-4-7-9(14-22-13-7)8(5-6)16(20)21/h4-5H,1-3H3,(H,18,19). The van der Waals surface area contributed by atoms with Crippen LogP contribution in [0.5, 0.6) is 0 Å². The van der Waals surface area contributed by atoms with E-state index in [2.05, 4.69) is 8.75 Å². The Balaban J connectivity index is 2.53. The second-order valence-electron chi connectivity index (χ2n) is 5.11. The number of hydrogen-bond acceptors (Lipinski definition) is 7. The number of nitrogens with zero attached hydrogens (tertiary/aromatic N) is 4. The molecule has 1 aromatic heterocycles. The Labute approximate surface area is 128 Å². The Morgan fingerprint density at radius 2 is 2.00 bits per heavy atom. The lowest BCUT2D eigenvalue weighted by atomic mass is 10.0. The first-order chi connectivity index (χ1) is 10.2. The average Bonchev–Trinajstić information content (AvgIpc) is 2.92. The van der Waals surface area contributed by atoms with Crippen LogP contribution < -0.4 is 0 Å². The van der Waals surface area contributed by atoms with Crippen LogP contribution >= 0.6 is 11.7 Å². The van der Waals surface area contributed by atoms with Gasteiger partial charge in [-0.1, -0.05) is 0 Å². The van der Waals surface area contributed by atoms with E-state index in [-0.39, 0.29) is 22.3 Å². The molecule has 0 unspecified atom stereocenters. The van der Waals surface area contributed by atoms with Gasteiger partial charge < -0.3 is 10.0 Å². The first-order valence-corrected chi connectivity index (χ1v) is 6.81. The van der Waals surface area contributed by atoms with Crippen LogP contribution in [0.1, 0.15) is 24.2 Å². The molecule has 0 aliphatic rings. The lowest BCUT2D eigenvalue weighted by Gasteiger charge is -2.31. The number of carbonyl (C=O) groups excluding carboxylic acids is 1. The number of nitro groups is 1. The Morgan fingerprint density at radius 1 is 1.36 bits per heavy atom. The number of carboxylic acids is 1. The molecule has 0 saturated heterocycles. The van der Waals surface area contributed by atoms with Crippen molar-refractivity contribution in [3.63, 3.8) is 0 Å². The predicted molar refractivity (Wildman–Crippen MR) is 77.9 cm³/mol. The second kappa shape index (κ2) is 5.30. The number of carbonyl (C=O) groups is 2. The SMILES string of the molecule is CN(C(=O)c1cc([N+](=O)[O-])c2nsnc2c1)C(C)(C)C(=O)O. The first kappa shape index (κ1) is 15.8. The van der Waals surface area contributed by atoms with Crippen molar-refractivity contribution in [3.05, 3.63) is 27.8 Å². The normalized spacial score (nSPS) is 11.4. The molecule has 9 nitrogen and oxygen atoms in total. The van der Waals surface area contributed by atoms with Crippen molar-refractivity contribution in [2.75, 3.05) is 7.05 Å². The van der Waals surface area contributed by atoms with Crippen molar-refractivity contribution in [1.82, 2.24) is 13.6 Å². The number of aromatic nitrogens is 2. The van der Waals surface area contributed by atoms with Crippen molar-refractivity contribution in [2.24, 2.45) is 0 Å². The van der Waals surface area contributed by atoms with E-state index in [1.165, 1.54) is 27.0 Å². The third kappa shape index (κ3) is 2.48. The highest BCUT2D eigenvalue weighted by Crippen LogP contribution is 2.27. The second-order valence-corrected chi connectivity index (χ2v) is 5.64. The number of likely N-dealkylation sites (N-methyl/N-ethyl adjacent to an activating group) is 1. The maximum atomic E-state index is 12.4. The molecule has 2 aromatic rings. The summed E-state index contributed by atoms with van der Waals surface area (Å²) in [4.78, 5) is 35.1. The van der Waals surface area contributed by atoms with Gasteiger partial charge in [-0.05, 0) is 19.9 Å². The number of amides is 1. The number of hydrogen-bond donors (Lipinski definition) is 1. The average molecular weight is 324 g/mol. The van der Waals surface area contributed by atoms with Crippen LogP contribution in [0.25, 0.3) is 11.0 Å². The molecule has 1 aromatic carbocycles. The topological polar surface area (TPSA) is 127 Å². The van der Waals surface area contributed by atoms with Crippen LogP contribution in [-0.4, -0.2) is 48.1 Å². The van der Waals surface area contributed by atoms with Crippen LogP contribution in [-0.2, 0) is 4.79 Å². The van der Waals surface area contributed by atoms with Gasteiger partial charge >= 0.3 is 5.97 Å². The summed E-state index contributed by atoms with van der Waals surface area (Å²) in [5.41, 5.74) is -1.48. The molecule has 116 valence electrons. The molecule has 2 rings (SSSR count).